The third-order valence-electron chi connectivity index (χ3n) is 5.07. The molecule has 1 saturated heterocycles. The Morgan fingerprint density at radius 2 is 2.14 bits per heavy atom. The Morgan fingerprint density at radius 1 is 1.34 bits per heavy atom. The van der Waals surface area contributed by atoms with Crippen molar-refractivity contribution in [2.75, 3.05) is 18.9 Å². The van der Waals surface area contributed by atoms with E-state index in [0.717, 1.165) is 40.4 Å². The van der Waals surface area contributed by atoms with Crippen LogP contribution in [0.15, 0.2) is 40.3 Å². The van der Waals surface area contributed by atoms with E-state index >= 15 is 0 Å². The van der Waals surface area contributed by atoms with Crippen LogP contribution in [-0.2, 0) is 9.53 Å². The Labute approximate surface area is 177 Å². The summed E-state index contributed by atoms with van der Waals surface area (Å²) in [6.45, 7) is 5.25. The fraction of sp³-hybridized carbons (Fsp3) is 0.381. The quantitative estimate of drug-likeness (QED) is 0.480. The van der Waals surface area contributed by atoms with Crippen LogP contribution in [0, 0.1) is 13.8 Å². The largest absolute Gasteiger partial charge is 0.376 e. The molecule has 3 heterocycles. The lowest BCUT2D eigenvalue weighted by Crippen LogP contribution is -2.33. The van der Waals surface area contributed by atoms with E-state index in [0.29, 0.717) is 17.1 Å². The minimum absolute atomic E-state index is 0.0852. The summed E-state index contributed by atoms with van der Waals surface area (Å²) in [5.41, 5.74) is 1.63. The molecular formula is C21H23N3O3S2. The van der Waals surface area contributed by atoms with Gasteiger partial charge < -0.3 is 10.1 Å². The van der Waals surface area contributed by atoms with E-state index in [4.69, 9.17) is 9.72 Å². The molecule has 0 aliphatic carbocycles. The van der Waals surface area contributed by atoms with Crippen molar-refractivity contribution in [1.82, 2.24) is 14.9 Å². The van der Waals surface area contributed by atoms with Gasteiger partial charge in [-0.3, -0.25) is 14.2 Å². The molecule has 29 heavy (non-hydrogen) atoms. The zero-order valence-corrected chi connectivity index (χ0v) is 18.1. The SMILES string of the molecule is Cc1sc2nc(SCC(=O)NC[C@@H]3CCCO3)n(-c3ccccc3)c(=O)c2c1C. The van der Waals surface area contributed by atoms with Gasteiger partial charge in [-0.1, -0.05) is 30.0 Å². The van der Waals surface area contributed by atoms with Crippen molar-refractivity contribution in [2.24, 2.45) is 0 Å². The van der Waals surface area contributed by atoms with Gasteiger partial charge >= 0.3 is 0 Å². The molecule has 0 radical (unpaired) electrons. The van der Waals surface area contributed by atoms with Crippen LogP contribution in [0.5, 0.6) is 0 Å². The Hall–Kier alpha value is -2.16. The molecule has 1 aromatic carbocycles. The molecule has 0 bridgehead atoms. The number of hydrogen-bond acceptors (Lipinski definition) is 6. The molecule has 0 spiro atoms. The maximum Gasteiger partial charge on any atom is 0.267 e. The molecule has 4 rings (SSSR count). The third-order valence-corrected chi connectivity index (χ3v) is 7.11. The Kier molecular flexibility index (Phi) is 6.03. The minimum Gasteiger partial charge on any atom is -0.376 e. The molecule has 1 N–H and O–H groups in total. The van der Waals surface area contributed by atoms with Crippen LogP contribution < -0.4 is 10.9 Å². The maximum atomic E-state index is 13.3. The zero-order valence-electron chi connectivity index (χ0n) is 16.4. The van der Waals surface area contributed by atoms with E-state index in [1.165, 1.54) is 23.1 Å². The van der Waals surface area contributed by atoms with Crippen molar-refractivity contribution in [1.29, 1.82) is 0 Å². The molecule has 1 aliphatic rings. The number of benzene rings is 1. The summed E-state index contributed by atoms with van der Waals surface area (Å²) in [6, 6.07) is 9.45. The number of amides is 1. The number of carbonyl (C=O) groups is 1. The number of para-hydroxylation sites is 1. The van der Waals surface area contributed by atoms with Crippen molar-refractivity contribution >= 4 is 39.2 Å². The number of aromatic nitrogens is 2. The summed E-state index contributed by atoms with van der Waals surface area (Å²) >= 11 is 2.80. The smallest absolute Gasteiger partial charge is 0.267 e. The molecule has 1 fully saturated rings. The van der Waals surface area contributed by atoms with Gasteiger partial charge in [-0.25, -0.2) is 4.98 Å². The number of rotatable bonds is 6. The highest BCUT2D eigenvalue weighted by Gasteiger charge is 2.20. The fourth-order valence-electron chi connectivity index (χ4n) is 3.39. The van der Waals surface area contributed by atoms with Crippen molar-refractivity contribution in [3.8, 4) is 5.69 Å². The number of carbonyl (C=O) groups excluding carboxylic acids is 1. The van der Waals surface area contributed by atoms with E-state index < -0.39 is 0 Å². The van der Waals surface area contributed by atoms with Gasteiger partial charge in [0.05, 0.1) is 22.9 Å². The summed E-state index contributed by atoms with van der Waals surface area (Å²) in [7, 11) is 0. The predicted molar refractivity (Wildman–Crippen MR) is 117 cm³/mol. The lowest BCUT2D eigenvalue weighted by atomic mass is 10.2. The maximum absolute atomic E-state index is 13.3. The van der Waals surface area contributed by atoms with Crippen LogP contribution in [0.1, 0.15) is 23.3 Å². The summed E-state index contributed by atoms with van der Waals surface area (Å²) in [6.07, 6.45) is 2.14. The topological polar surface area (TPSA) is 73.2 Å². The van der Waals surface area contributed by atoms with Crippen molar-refractivity contribution in [3.05, 3.63) is 51.1 Å². The highest BCUT2D eigenvalue weighted by atomic mass is 32.2. The number of hydrogen-bond donors (Lipinski definition) is 1. The van der Waals surface area contributed by atoms with Crippen LogP contribution in [0.2, 0.25) is 0 Å². The number of nitrogens with zero attached hydrogens (tertiary/aromatic N) is 2. The lowest BCUT2D eigenvalue weighted by Gasteiger charge is -2.13. The van der Waals surface area contributed by atoms with Crippen molar-refractivity contribution in [2.45, 2.75) is 37.9 Å². The molecule has 0 unspecified atom stereocenters. The van der Waals surface area contributed by atoms with Gasteiger partial charge in [0.1, 0.15) is 4.83 Å². The minimum atomic E-state index is -0.0923. The second-order valence-corrected chi connectivity index (χ2v) is 9.21. The molecule has 1 aliphatic heterocycles. The van der Waals surface area contributed by atoms with E-state index in [2.05, 4.69) is 5.32 Å². The van der Waals surface area contributed by atoms with Gasteiger partial charge in [-0.2, -0.15) is 0 Å². The second-order valence-electron chi connectivity index (χ2n) is 7.06. The first-order chi connectivity index (χ1) is 14.0. The fourth-order valence-corrected chi connectivity index (χ4v) is 5.30. The van der Waals surface area contributed by atoms with Gasteiger partial charge in [-0.05, 0) is 44.4 Å². The average molecular weight is 430 g/mol. The number of nitrogens with one attached hydrogen (secondary N) is 1. The Bertz CT molecular complexity index is 1090. The van der Waals surface area contributed by atoms with E-state index in [1.54, 1.807) is 4.57 Å². The van der Waals surface area contributed by atoms with Gasteiger partial charge in [0, 0.05) is 18.0 Å². The number of thioether (sulfide) groups is 1. The first-order valence-electron chi connectivity index (χ1n) is 9.64. The van der Waals surface area contributed by atoms with E-state index in [9.17, 15) is 9.59 Å². The third kappa shape index (κ3) is 4.24. The van der Waals surface area contributed by atoms with Gasteiger partial charge in [-0.15, -0.1) is 11.3 Å². The van der Waals surface area contributed by atoms with Gasteiger partial charge in [0.25, 0.3) is 5.56 Å². The number of aryl methyl sites for hydroxylation is 2. The first-order valence-corrected chi connectivity index (χ1v) is 11.4. The van der Waals surface area contributed by atoms with Gasteiger partial charge in [0.2, 0.25) is 5.91 Å². The molecule has 6 nitrogen and oxygen atoms in total. The molecule has 1 amide bonds. The molecule has 1 atom stereocenters. The average Bonchev–Trinajstić information content (AvgIpc) is 3.34. The monoisotopic (exact) mass is 429 g/mol. The molecule has 8 heteroatoms. The summed E-state index contributed by atoms with van der Waals surface area (Å²) in [4.78, 5) is 32.2. The molecule has 2 aromatic heterocycles. The molecular weight excluding hydrogens is 406 g/mol. The van der Waals surface area contributed by atoms with Gasteiger partial charge in [0.15, 0.2) is 5.16 Å². The van der Waals surface area contributed by atoms with Crippen LogP contribution in [-0.4, -0.2) is 40.5 Å². The second kappa shape index (κ2) is 8.69. The van der Waals surface area contributed by atoms with E-state index in [-0.39, 0.29) is 23.3 Å². The summed E-state index contributed by atoms with van der Waals surface area (Å²) in [5, 5.41) is 4.11. The molecule has 3 aromatic rings. The van der Waals surface area contributed by atoms with Crippen molar-refractivity contribution < 1.29 is 9.53 Å². The standard InChI is InChI=1S/C21H23N3O3S2/c1-13-14(2)29-19-18(13)20(26)24(15-7-4-3-5-8-15)21(23-19)28-12-17(25)22-11-16-9-6-10-27-16/h3-5,7-8,16H,6,9-12H2,1-2H3,(H,22,25)/t16-/m0/s1. The Balaban J connectivity index is 1.62. The summed E-state index contributed by atoms with van der Waals surface area (Å²) in [5.74, 6) is 0.110. The zero-order chi connectivity index (χ0) is 20.4. The van der Waals surface area contributed by atoms with Crippen molar-refractivity contribution in [3.63, 3.8) is 0 Å². The number of thiophene rings is 1. The summed E-state index contributed by atoms with van der Waals surface area (Å²) < 4.78 is 7.15. The lowest BCUT2D eigenvalue weighted by molar-refractivity contribution is -0.119. The number of fused-ring (bicyclic) bond motifs is 1. The van der Waals surface area contributed by atoms with Crippen LogP contribution in [0.4, 0.5) is 0 Å². The van der Waals surface area contributed by atoms with Crippen LogP contribution in [0.3, 0.4) is 0 Å². The van der Waals surface area contributed by atoms with Crippen LogP contribution >= 0.6 is 23.1 Å². The Morgan fingerprint density at radius 3 is 2.86 bits per heavy atom. The van der Waals surface area contributed by atoms with Crippen LogP contribution in [0.25, 0.3) is 15.9 Å². The normalized spacial score (nSPS) is 16.4. The molecule has 0 saturated carbocycles. The highest BCUT2D eigenvalue weighted by Crippen LogP contribution is 2.29. The number of ether oxygens (including phenoxy) is 1. The predicted octanol–water partition coefficient (Wildman–Crippen LogP) is 3.45. The molecule has 152 valence electrons. The first kappa shape index (κ1) is 20.1. The van der Waals surface area contributed by atoms with E-state index in [1.807, 2.05) is 44.2 Å². The highest BCUT2D eigenvalue weighted by molar-refractivity contribution is 7.99.